The van der Waals surface area contributed by atoms with Crippen molar-refractivity contribution in [1.29, 1.82) is 0 Å². The Balaban J connectivity index is 2.82. The van der Waals surface area contributed by atoms with Crippen molar-refractivity contribution in [3.8, 4) is 0 Å². The molecule has 0 aliphatic heterocycles. The van der Waals surface area contributed by atoms with Gasteiger partial charge in [0.1, 0.15) is 7.85 Å². The number of hydrogen-bond acceptors (Lipinski definition) is 0. The monoisotopic (exact) mass is 158 g/mol. The van der Waals surface area contributed by atoms with Gasteiger partial charge in [-0.05, 0) is 18.4 Å². The molecule has 0 N–H and O–H groups in total. The summed E-state index contributed by atoms with van der Waals surface area (Å²) in [5.41, 5.74) is 2.25. The summed E-state index contributed by atoms with van der Waals surface area (Å²) in [5, 5.41) is 0. The maximum Gasteiger partial charge on any atom is 0.113 e. The van der Waals surface area contributed by atoms with E-state index in [9.17, 15) is 0 Å². The first-order valence-corrected chi connectivity index (χ1v) is 4.63. The first kappa shape index (κ1) is 9.37. The van der Waals surface area contributed by atoms with Gasteiger partial charge in [0.2, 0.25) is 0 Å². The zero-order valence-corrected chi connectivity index (χ0v) is 7.88. The minimum Gasteiger partial charge on any atom is -0.0967 e. The van der Waals surface area contributed by atoms with E-state index in [0.717, 1.165) is 18.3 Å². The third-order valence-corrected chi connectivity index (χ3v) is 2.16. The van der Waals surface area contributed by atoms with Crippen LogP contribution in [0.1, 0.15) is 26.7 Å². The van der Waals surface area contributed by atoms with Crippen molar-refractivity contribution in [2.45, 2.75) is 26.7 Å². The van der Waals surface area contributed by atoms with Crippen molar-refractivity contribution in [3.63, 3.8) is 0 Å². The van der Waals surface area contributed by atoms with Gasteiger partial charge in [-0.25, -0.2) is 0 Å². The lowest BCUT2D eigenvalue weighted by Gasteiger charge is -2.16. The predicted molar refractivity (Wildman–Crippen MR) is 55.1 cm³/mol. The molecule has 0 aromatic heterocycles. The molecule has 1 rings (SSSR count). The molecule has 0 amide bonds. The molecule has 0 bridgehead atoms. The largest absolute Gasteiger partial charge is 0.113 e. The van der Waals surface area contributed by atoms with Crippen molar-refractivity contribution in [2.24, 2.45) is 5.92 Å². The Kier molecular flexibility index (Phi) is 3.39. The molecule has 0 aromatic carbocycles. The van der Waals surface area contributed by atoms with Gasteiger partial charge in [-0.3, -0.25) is 0 Å². The molecule has 1 unspecified atom stereocenters. The third-order valence-electron chi connectivity index (χ3n) is 2.16. The van der Waals surface area contributed by atoms with Crippen LogP contribution in [-0.4, -0.2) is 7.85 Å². The van der Waals surface area contributed by atoms with Gasteiger partial charge in [-0.1, -0.05) is 43.6 Å². The van der Waals surface area contributed by atoms with Gasteiger partial charge in [0.05, 0.1) is 0 Å². The van der Waals surface area contributed by atoms with Gasteiger partial charge in [-0.2, -0.15) is 0 Å². The quantitative estimate of drug-likeness (QED) is 0.542. The van der Waals surface area contributed by atoms with Gasteiger partial charge < -0.3 is 0 Å². The first-order chi connectivity index (χ1) is 5.77. The van der Waals surface area contributed by atoms with Crippen LogP contribution >= 0.6 is 0 Å². The molecule has 1 atom stereocenters. The molecule has 0 aromatic rings. The molecule has 62 valence electrons. The first-order valence-electron chi connectivity index (χ1n) is 4.63. The number of rotatable bonds is 2. The lowest BCUT2D eigenvalue weighted by atomic mass is 9.82. The summed E-state index contributed by atoms with van der Waals surface area (Å²) in [5.74, 6) is 0.581. The Morgan fingerprint density at radius 3 is 2.83 bits per heavy atom. The van der Waals surface area contributed by atoms with E-state index in [1.165, 1.54) is 5.57 Å². The number of hydrogen-bond donors (Lipinski definition) is 0. The maximum absolute atomic E-state index is 5.71. The standard InChI is InChI=1S/C11H15B/c1-3-5-10-8-11(12)7-6-9(10)4-2/h5-9H,3-4H2,1-2H3. The Morgan fingerprint density at radius 1 is 1.50 bits per heavy atom. The SMILES string of the molecule is [B]C1=CC(=CCC)C(CC)C=C1. The normalized spacial score (nSPS) is 26.0. The van der Waals surface area contributed by atoms with Gasteiger partial charge >= 0.3 is 0 Å². The van der Waals surface area contributed by atoms with E-state index >= 15 is 0 Å². The summed E-state index contributed by atoms with van der Waals surface area (Å²) in [6.07, 6.45) is 10.8. The van der Waals surface area contributed by atoms with Gasteiger partial charge in [0.25, 0.3) is 0 Å². The van der Waals surface area contributed by atoms with Crippen LogP contribution < -0.4 is 0 Å². The second kappa shape index (κ2) is 4.35. The van der Waals surface area contributed by atoms with Crippen molar-refractivity contribution in [2.75, 3.05) is 0 Å². The summed E-state index contributed by atoms with van der Waals surface area (Å²) >= 11 is 0. The molecule has 0 fully saturated rings. The van der Waals surface area contributed by atoms with Crippen LogP contribution in [0.25, 0.3) is 0 Å². The van der Waals surface area contributed by atoms with Gasteiger partial charge in [0.15, 0.2) is 0 Å². The second-order valence-electron chi connectivity index (χ2n) is 3.13. The van der Waals surface area contributed by atoms with Gasteiger partial charge in [-0.15, -0.1) is 0 Å². The highest BCUT2D eigenvalue weighted by molar-refractivity contribution is 6.23. The highest BCUT2D eigenvalue weighted by Gasteiger charge is 2.09. The highest BCUT2D eigenvalue weighted by Crippen LogP contribution is 2.24. The fourth-order valence-electron chi connectivity index (χ4n) is 1.50. The molecule has 1 heteroatoms. The molecule has 1 aliphatic rings. The van der Waals surface area contributed by atoms with E-state index in [-0.39, 0.29) is 0 Å². The van der Waals surface area contributed by atoms with E-state index in [2.05, 4.69) is 32.1 Å². The molecule has 2 radical (unpaired) electrons. The summed E-state index contributed by atoms with van der Waals surface area (Å²) in [6, 6.07) is 0. The zero-order chi connectivity index (χ0) is 8.97. The van der Waals surface area contributed by atoms with Crippen molar-refractivity contribution >= 4 is 7.85 Å². The second-order valence-corrected chi connectivity index (χ2v) is 3.13. The minimum atomic E-state index is 0.581. The molecule has 12 heavy (non-hydrogen) atoms. The van der Waals surface area contributed by atoms with Crippen LogP contribution in [0.2, 0.25) is 0 Å². The Hall–Kier alpha value is -0.715. The number of allylic oxidation sites excluding steroid dienone is 6. The highest BCUT2D eigenvalue weighted by atomic mass is 14.1. The average molecular weight is 158 g/mol. The van der Waals surface area contributed by atoms with Crippen molar-refractivity contribution < 1.29 is 0 Å². The van der Waals surface area contributed by atoms with Crippen LogP contribution in [0.3, 0.4) is 0 Å². The Morgan fingerprint density at radius 2 is 2.25 bits per heavy atom. The van der Waals surface area contributed by atoms with Crippen LogP contribution in [0.15, 0.2) is 35.3 Å². The Bertz CT molecular complexity index is 233. The molecule has 0 saturated carbocycles. The fraction of sp³-hybridized carbons (Fsp3) is 0.455. The third kappa shape index (κ3) is 2.13. The molecule has 0 nitrogen and oxygen atoms in total. The summed E-state index contributed by atoms with van der Waals surface area (Å²) in [4.78, 5) is 0. The van der Waals surface area contributed by atoms with E-state index in [0.29, 0.717) is 5.92 Å². The molecular weight excluding hydrogens is 143 g/mol. The van der Waals surface area contributed by atoms with E-state index in [4.69, 9.17) is 7.85 Å². The smallest absolute Gasteiger partial charge is 0.0967 e. The molecule has 0 spiro atoms. The van der Waals surface area contributed by atoms with Crippen LogP contribution in [0.4, 0.5) is 0 Å². The summed E-state index contributed by atoms with van der Waals surface area (Å²) in [7, 11) is 5.71. The van der Waals surface area contributed by atoms with Crippen LogP contribution in [-0.2, 0) is 0 Å². The lowest BCUT2D eigenvalue weighted by Crippen LogP contribution is -2.02. The van der Waals surface area contributed by atoms with E-state index in [1.54, 1.807) is 0 Å². The predicted octanol–water partition coefficient (Wildman–Crippen LogP) is 2.97. The van der Waals surface area contributed by atoms with E-state index < -0.39 is 0 Å². The molecule has 0 heterocycles. The topological polar surface area (TPSA) is 0 Å². The van der Waals surface area contributed by atoms with Crippen molar-refractivity contribution in [1.82, 2.24) is 0 Å². The molecule has 0 saturated heterocycles. The van der Waals surface area contributed by atoms with E-state index in [1.807, 2.05) is 6.08 Å². The maximum atomic E-state index is 5.71. The Labute approximate surface area is 76.5 Å². The lowest BCUT2D eigenvalue weighted by molar-refractivity contribution is 0.734. The average Bonchev–Trinajstić information content (AvgIpc) is 2.05. The molecule has 1 aliphatic carbocycles. The van der Waals surface area contributed by atoms with Gasteiger partial charge in [0, 0.05) is 5.92 Å². The van der Waals surface area contributed by atoms with Crippen LogP contribution in [0, 0.1) is 5.92 Å². The van der Waals surface area contributed by atoms with Crippen LogP contribution in [0.5, 0.6) is 0 Å². The zero-order valence-electron chi connectivity index (χ0n) is 7.88. The summed E-state index contributed by atoms with van der Waals surface area (Å²) in [6.45, 7) is 4.36. The fourth-order valence-corrected chi connectivity index (χ4v) is 1.50. The minimum absolute atomic E-state index is 0.581. The van der Waals surface area contributed by atoms with Crippen molar-refractivity contribution in [3.05, 3.63) is 35.3 Å². The molecular formula is C11H15B. The summed E-state index contributed by atoms with van der Waals surface area (Å²) < 4.78 is 0.